The van der Waals surface area contributed by atoms with E-state index < -0.39 is 5.97 Å². The quantitative estimate of drug-likeness (QED) is 0.579. The summed E-state index contributed by atoms with van der Waals surface area (Å²) in [6.07, 6.45) is 2.78. The molecule has 0 saturated heterocycles. The van der Waals surface area contributed by atoms with E-state index in [-0.39, 0.29) is 6.04 Å². The lowest BCUT2D eigenvalue weighted by molar-refractivity contribution is -0.133. The van der Waals surface area contributed by atoms with Gasteiger partial charge in [-0.2, -0.15) is 0 Å². The van der Waals surface area contributed by atoms with E-state index in [2.05, 4.69) is 0 Å². The number of hydrogen-bond acceptors (Lipinski definition) is 2. The smallest absolute Gasteiger partial charge is 0.309 e. The monoisotopic (exact) mass is 130 g/mol. The molecule has 0 aliphatic rings. The average Bonchev–Trinajstić information content (AvgIpc) is 1.63. The van der Waals surface area contributed by atoms with Crippen molar-refractivity contribution in [3.63, 3.8) is 0 Å². The minimum atomic E-state index is -0.934. The first-order valence-corrected chi connectivity index (χ1v) is 3.00. The number of carboxylic acids is 1. The molecule has 0 rings (SSSR count). The Kier molecular flexibility index (Phi) is 4.05. The predicted octanol–water partition coefficient (Wildman–Crippen LogP) is 0.403. The zero-order chi connectivity index (χ0) is 7.28. The molecule has 1 radical (unpaired) electrons. The first-order chi connectivity index (χ1) is 4.16. The molecule has 1 atom stereocenters. The summed E-state index contributed by atoms with van der Waals surface area (Å²) in [4.78, 5) is 9.95. The van der Waals surface area contributed by atoms with Crippen LogP contribution in [0.4, 0.5) is 0 Å². The van der Waals surface area contributed by atoms with E-state index in [0.29, 0.717) is 0 Å². The third kappa shape index (κ3) is 5.30. The Labute approximate surface area is 54.9 Å². The molecule has 0 aromatic heterocycles. The zero-order valence-electron chi connectivity index (χ0n) is 5.50. The third-order valence-electron chi connectivity index (χ3n) is 0.979. The van der Waals surface area contributed by atoms with Gasteiger partial charge in [-0.05, 0) is 6.42 Å². The molecule has 9 heavy (non-hydrogen) atoms. The van der Waals surface area contributed by atoms with Crippen molar-refractivity contribution >= 4 is 5.97 Å². The van der Waals surface area contributed by atoms with Crippen molar-refractivity contribution in [3.05, 3.63) is 6.42 Å². The van der Waals surface area contributed by atoms with Crippen molar-refractivity contribution < 1.29 is 9.90 Å². The van der Waals surface area contributed by atoms with E-state index in [1.54, 1.807) is 0 Å². The minimum absolute atomic E-state index is 0.285. The second kappa shape index (κ2) is 4.32. The number of carbonyl (C=O) groups is 1. The highest BCUT2D eigenvalue weighted by Gasteiger charge is 2.05. The lowest BCUT2D eigenvalue weighted by atomic mass is 10.1. The Morgan fingerprint density at radius 3 is 2.78 bits per heavy atom. The largest absolute Gasteiger partial charge is 0.481 e. The van der Waals surface area contributed by atoms with Gasteiger partial charge in [0.1, 0.15) is 0 Å². The molecule has 0 saturated carbocycles. The van der Waals surface area contributed by atoms with Gasteiger partial charge in [-0.15, -0.1) is 0 Å². The van der Waals surface area contributed by atoms with E-state index in [4.69, 9.17) is 10.8 Å². The Morgan fingerprint density at radius 1 is 1.89 bits per heavy atom. The van der Waals surface area contributed by atoms with E-state index >= 15 is 0 Å². The van der Waals surface area contributed by atoms with E-state index in [9.17, 15) is 4.79 Å². The first kappa shape index (κ1) is 8.43. The molecule has 3 heteroatoms. The fourth-order valence-corrected chi connectivity index (χ4v) is 0.600. The van der Waals surface area contributed by atoms with Gasteiger partial charge in [0.15, 0.2) is 0 Å². The molecule has 0 aliphatic carbocycles. The van der Waals surface area contributed by atoms with Gasteiger partial charge >= 0.3 is 5.97 Å². The highest BCUT2D eigenvalue weighted by molar-refractivity contribution is 5.77. The number of nitrogens with two attached hydrogens (primary N) is 1. The summed E-state index contributed by atoms with van der Waals surface area (Å²) in [5, 5.41) is 8.17. The first-order valence-electron chi connectivity index (χ1n) is 3.00. The van der Waals surface area contributed by atoms with Gasteiger partial charge in [-0.1, -0.05) is 13.3 Å². The molecule has 0 aliphatic heterocycles. The summed E-state index contributed by atoms with van der Waals surface area (Å²) in [6.45, 7) is 1.97. The Bertz CT molecular complexity index is 93.1. The normalized spacial score (nSPS) is 13.1. The van der Waals surface area contributed by atoms with Crippen LogP contribution in [0, 0.1) is 6.42 Å². The fraction of sp³-hybridized carbons (Fsp3) is 0.667. The molecule has 53 valence electrons. The molecule has 0 aromatic carbocycles. The average molecular weight is 130 g/mol. The van der Waals surface area contributed by atoms with Crippen molar-refractivity contribution in [3.8, 4) is 0 Å². The third-order valence-corrected chi connectivity index (χ3v) is 0.979. The summed E-state index contributed by atoms with van der Waals surface area (Å²) in [7, 11) is 0. The molecule has 0 bridgehead atoms. The highest BCUT2D eigenvalue weighted by Crippen LogP contribution is 1.95. The van der Waals surface area contributed by atoms with Crippen molar-refractivity contribution in [1.29, 1.82) is 0 Å². The molecule has 0 fully saturated rings. The van der Waals surface area contributed by atoms with Crippen LogP contribution in [-0.4, -0.2) is 17.1 Å². The molecule has 0 aromatic rings. The molecule has 0 heterocycles. The summed E-state index contributed by atoms with van der Waals surface area (Å²) in [6, 6.07) is -0.285. The highest BCUT2D eigenvalue weighted by atomic mass is 16.4. The maximum atomic E-state index is 9.95. The molecule has 0 amide bonds. The van der Waals surface area contributed by atoms with Crippen LogP contribution in [0.3, 0.4) is 0 Å². The van der Waals surface area contributed by atoms with Gasteiger partial charge in [0, 0.05) is 6.04 Å². The predicted molar refractivity (Wildman–Crippen MR) is 34.8 cm³/mol. The van der Waals surface area contributed by atoms with Crippen LogP contribution >= 0.6 is 0 Å². The lowest BCUT2D eigenvalue weighted by Gasteiger charge is -2.03. The van der Waals surface area contributed by atoms with Crippen LogP contribution in [0.5, 0.6) is 0 Å². The van der Waals surface area contributed by atoms with Crippen molar-refractivity contribution in [2.45, 2.75) is 25.8 Å². The van der Waals surface area contributed by atoms with Gasteiger partial charge in [0.2, 0.25) is 0 Å². The molecule has 1 unspecified atom stereocenters. The van der Waals surface area contributed by atoms with Crippen molar-refractivity contribution in [1.82, 2.24) is 0 Å². The Hall–Kier alpha value is -0.570. The molecular weight excluding hydrogens is 118 g/mol. The van der Waals surface area contributed by atoms with Crippen molar-refractivity contribution in [2.24, 2.45) is 5.73 Å². The SMILES string of the molecule is CCCC(N)[CH]C(=O)O. The number of carboxylic acid groups (broad SMARTS) is 1. The summed E-state index contributed by atoms with van der Waals surface area (Å²) >= 11 is 0. The van der Waals surface area contributed by atoms with Gasteiger partial charge in [-0.3, -0.25) is 4.79 Å². The second-order valence-electron chi connectivity index (χ2n) is 1.96. The Balaban J connectivity index is 3.26. The van der Waals surface area contributed by atoms with Crippen LogP contribution in [0.15, 0.2) is 0 Å². The molecular formula is C6H12NO2. The van der Waals surface area contributed by atoms with Crippen LogP contribution in [0.1, 0.15) is 19.8 Å². The number of rotatable bonds is 4. The van der Waals surface area contributed by atoms with Gasteiger partial charge in [0.05, 0.1) is 6.42 Å². The minimum Gasteiger partial charge on any atom is -0.481 e. The molecule has 0 spiro atoms. The summed E-state index contributed by atoms with van der Waals surface area (Å²) in [5.41, 5.74) is 5.35. The maximum absolute atomic E-state index is 9.95. The standard InChI is InChI=1S/C6H12NO2/c1-2-3-5(7)4-6(8)9/h4-5H,2-3,7H2,1H3,(H,8,9). The van der Waals surface area contributed by atoms with Crippen LogP contribution in [-0.2, 0) is 4.79 Å². The second-order valence-corrected chi connectivity index (χ2v) is 1.96. The summed E-state index contributed by atoms with van der Waals surface area (Å²) < 4.78 is 0. The Morgan fingerprint density at radius 2 is 2.44 bits per heavy atom. The van der Waals surface area contributed by atoms with E-state index in [0.717, 1.165) is 19.3 Å². The molecule has 3 N–H and O–H groups in total. The van der Waals surface area contributed by atoms with E-state index in [1.807, 2.05) is 6.92 Å². The number of hydrogen-bond donors (Lipinski definition) is 2. The van der Waals surface area contributed by atoms with Gasteiger partial charge < -0.3 is 10.8 Å². The van der Waals surface area contributed by atoms with Gasteiger partial charge in [0.25, 0.3) is 0 Å². The van der Waals surface area contributed by atoms with Crippen LogP contribution < -0.4 is 5.73 Å². The fourth-order valence-electron chi connectivity index (χ4n) is 0.600. The number of aliphatic carboxylic acids is 1. The zero-order valence-corrected chi connectivity index (χ0v) is 5.50. The molecule has 3 nitrogen and oxygen atoms in total. The lowest BCUT2D eigenvalue weighted by Crippen LogP contribution is -2.23. The van der Waals surface area contributed by atoms with Crippen molar-refractivity contribution in [2.75, 3.05) is 0 Å². The topological polar surface area (TPSA) is 63.3 Å². The van der Waals surface area contributed by atoms with Crippen LogP contribution in [0.25, 0.3) is 0 Å². The van der Waals surface area contributed by atoms with E-state index in [1.165, 1.54) is 0 Å². The van der Waals surface area contributed by atoms with Gasteiger partial charge in [-0.25, -0.2) is 0 Å². The maximum Gasteiger partial charge on any atom is 0.309 e. The summed E-state index contributed by atoms with van der Waals surface area (Å²) in [5.74, 6) is -0.934. The van der Waals surface area contributed by atoms with Crippen LogP contribution in [0.2, 0.25) is 0 Å².